The van der Waals surface area contributed by atoms with Gasteiger partial charge in [0.1, 0.15) is 5.84 Å². The standard InChI is InChI=1S/C16H21N7/c1-11(2)16(17)21-14(12-7-5-4-6-8-12)20-15(22-16)19-13-9-23(3)10-18-13/h4-11H,17H2,1-3H3,(H2,19,20,21,22). The molecule has 1 atom stereocenters. The van der Waals surface area contributed by atoms with E-state index in [-0.39, 0.29) is 5.92 Å². The van der Waals surface area contributed by atoms with Crippen LogP contribution in [0.25, 0.3) is 0 Å². The van der Waals surface area contributed by atoms with Gasteiger partial charge in [-0.15, -0.1) is 0 Å². The second-order valence-electron chi connectivity index (χ2n) is 5.92. The number of imidazole rings is 1. The number of benzene rings is 1. The van der Waals surface area contributed by atoms with Crippen LogP contribution >= 0.6 is 0 Å². The number of nitrogens with zero attached hydrogens (tertiary/aromatic N) is 4. The van der Waals surface area contributed by atoms with Crippen LogP contribution < -0.4 is 16.4 Å². The summed E-state index contributed by atoms with van der Waals surface area (Å²) in [5.41, 5.74) is 7.39. The maximum Gasteiger partial charge on any atom is 0.229 e. The summed E-state index contributed by atoms with van der Waals surface area (Å²) in [4.78, 5) is 13.3. The molecule has 1 aromatic carbocycles. The van der Waals surface area contributed by atoms with Crippen molar-refractivity contribution in [3.8, 4) is 0 Å². The van der Waals surface area contributed by atoms with Gasteiger partial charge < -0.3 is 15.2 Å². The average Bonchev–Trinajstić information content (AvgIpc) is 2.92. The highest BCUT2D eigenvalue weighted by Gasteiger charge is 2.33. The van der Waals surface area contributed by atoms with Crippen molar-refractivity contribution in [3.63, 3.8) is 0 Å². The summed E-state index contributed by atoms with van der Waals surface area (Å²) in [6.45, 7) is 4.03. The van der Waals surface area contributed by atoms with E-state index in [0.717, 1.165) is 5.56 Å². The van der Waals surface area contributed by atoms with Gasteiger partial charge in [-0.2, -0.15) is 4.99 Å². The Kier molecular flexibility index (Phi) is 3.87. The topological polar surface area (TPSA) is 92.6 Å². The smallest absolute Gasteiger partial charge is 0.229 e. The molecule has 0 aliphatic carbocycles. The normalized spacial score (nSPS) is 20.7. The van der Waals surface area contributed by atoms with Crippen LogP contribution in [0.3, 0.4) is 0 Å². The van der Waals surface area contributed by atoms with Gasteiger partial charge in [0.05, 0.1) is 6.33 Å². The molecule has 2 aromatic rings. The van der Waals surface area contributed by atoms with Gasteiger partial charge in [0.2, 0.25) is 5.96 Å². The van der Waals surface area contributed by atoms with E-state index in [1.165, 1.54) is 0 Å². The molecule has 3 rings (SSSR count). The van der Waals surface area contributed by atoms with Crippen molar-refractivity contribution in [2.24, 2.45) is 28.7 Å². The van der Waals surface area contributed by atoms with E-state index >= 15 is 0 Å². The molecular formula is C16H21N7. The largest absolute Gasteiger partial charge is 0.338 e. The van der Waals surface area contributed by atoms with E-state index < -0.39 is 5.79 Å². The molecule has 0 spiro atoms. The third-order valence-electron chi connectivity index (χ3n) is 3.70. The molecule has 0 saturated carbocycles. The summed E-state index contributed by atoms with van der Waals surface area (Å²) in [5.74, 6) is 0.963. The molecule has 2 heterocycles. The maximum atomic E-state index is 6.43. The first kappa shape index (κ1) is 15.2. The number of aliphatic imine (C=N–C) groups is 2. The third kappa shape index (κ3) is 3.24. The van der Waals surface area contributed by atoms with Crippen LogP contribution in [-0.2, 0) is 7.05 Å². The fourth-order valence-corrected chi connectivity index (χ4v) is 2.21. The second-order valence-corrected chi connectivity index (χ2v) is 5.92. The SMILES string of the molecule is CC(C)C1(N)N=C(Nc2cn(C)cn2)N=C(c2ccccc2)N1. The molecule has 1 aliphatic rings. The Morgan fingerprint density at radius 2 is 2.00 bits per heavy atom. The quantitative estimate of drug-likeness (QED) is 0.801. The monoisotopic (exact) mass is 311 g/mol. The molecule has 1 unspecified atom stereocenters. The van der Waals surface area contributed by atoms with E-state index in [2.05, 4.69) is 25.6 Å². The zero-order valence-electron chi connectivity index (χ0n) is 13.5. The average molecular weight is 311 g/mol. The van der Waals surface area contributed by atoms with E-state index in [4.69, 9.17) is 5.73 Å². The summed E-state index contributed by atoms with van der Waals surface area (Å²) in [7, 11) is 1.91. The van der Waals surface area contributed by atoms with E-state index in [0.29, 0.717) is 17.6 Å². The van der Waals surface area contributed by atoms with Gasteiger partial charge in [0.15, 0.2) is 11.6 Å². The van der Waals surface area contributed by atoms with Crippen molar-refractivity contribution >= 4 is 17.6 Å². The van der Waals surface area contributed by atoms with E-state index in [9.17, 15) is 0 Å². The molecule has 1 aromatic heterocycles. The molecule has 120 valence electrons. The Balaban J connectivity index is 1.96. The first-order valence-electron chi connectivity index (χ1n) is 7.52. The second kappa shape index (κ2) is 5.85. The van der Waals surface area contributed by atoms with E-state index in [1.54, 1.807) is 6.33 Å². The van der Waals surface area contributed by atoms with Crippen LogP contribution in [0.2, 0.25) is 0 Å². The van der Waals surface area contributed by atoms with Crippen molar-refractivity contribution in [1.82, 2.24) is 14.9 Å². The van der Waals surface area contributed by atoms with Gasteiger partial charge >= 0.3 is 0 Å². The number of rotatable bonds is 3. The molecule has 23 heavy (non-hydrogen) atoms. The number of nitrogens with one attached hydrogen (secondary N) is 2. The summed E-state index contributed by atoms with van der Waals surface area (Å²) in [6.07, 6.45) is 3.57. The molecule has 0 radical (unpaired) electrons. The Morgan fingerprint density at radius 1 is 1.26 bits per heavy atom. The number of anilines is 1. The fourth-order valence-electron chi connectivity index (χ4n) is 2.21. The van der Waals surface area contributed by atoms with Gasteiger partial charge in [-0.05, 0) is 0 Å². The van der Waals surface area contributed by atoms with Crippen LogP contribution in [0, 0.1) is 5.92 Å². The maximum absolute atomic E-state index is 6.43. The van der Waals surface area contributed by atoms with Crippen LogP contribution in [0.1, 0.15) is 19.4 Å². The summed E-state index contributed by atoms with van der Waals surface area (Å²) >= 11 is 0. The van der Waals surface area contributed by atoms with Gasteiger partial charge in [-0.25, -0.2) is 9.98 Å². The fraction of sp³-hybridized carbons (Fsp3) is 0.312. The molecule has 0 bridgehead atoms. The predicted octanol–water partition coefficient (Wildman–Crippen LogP) is 1.51. The summed E-state index contributed by atoms with van der Waals surface area (Å²) < 4.78 is 1.85. The predicted molar refractivity (Wildman–Crippen MR) is 92.1 cm³/mol. The van der Waals surface area contributed by atoms with Crippen LogP contribution in [0.15, 0.2) is 52.8 Å². The molecule has 0 fully saturated rings. The molecule has 4 N–H and O–H groups in total. The van der Waals surface area contributed by atoms with Crippen molar-refractivity contribution in [2.75, 3.05) is 5.32 Å². The van der Waals surface area contributed by atoms with Gasteiger partial charge in [0, 0.05) is 24.7 Å². The molecular weight excluding hydrogens is 290 g/mol. The van der Waals surface area contributed by atoms with Gasteiger partial charge in [-0.3, -0.25) is 5.73 Å². The molecule has 7 heteroatoms. The first-order chi connectivity index (χ1) is 11.0. The highest BCUT2D eigenvalue weighted by molar-refractivity contribution is 6.10. The third-order valence-corrected chi connectivity index (χ3v) is 3.70. The minimum atomic E-state index is -0.927. The summed E-state index contributed by atoms with van der Waals surface area (Å²) in [5, 5.41) is 6.36. The van der Waals surface area contributed by atoms with Gasteiger partial charge in [0.25, 0.3) is 0 Å². The van der Waals surface area contributed by atoms with Crippen molar-refractivity contribution < 1.29 is 0 Å². The zero-order valence-corrected chi connectivity index (χ0v) is 13.5. The van der Waals surface area contributed by atoms with Crippen LogP contribution in [-0.4, -0.2) is 27.1 Å². The van der Waals surface area contributed by atoms with Crippen molar-refractivity contribution in [3.05, 3.63) is 48.4 Å². The number of guanidine groups is 1. The molecule has 0 saturated heterocycles. The number of amidine groups is 1. The van der Waals surface area contributed by atoms with Crippen molar-refractivity contribution in [1.29, 1.82) is 0 Å². The number of nitrogens with two attached hydrogens (primary N) is 1. The van der Waals surface area contributed by atoms with Crippen LogP contribution in [0.5, 0.6) is 0 Å². The van der Waals surface area contributed by atoms with Crippen molar-refractivity contribution in [2.45, 2.75) is 19.6 Å². The number of hydrogen-bond acceptors (Lipinski definition) is 6. The number of aryl methyl sites for hydroxylation is 1. The Hall–Kier alpha value is -2.67. The number of aromatic nitrogens is 2. The lowest BCUT2D eigenvalue weighted by molar-refractivity contribution is 0.295. The lowest BCUT2D eigenvalue weighted by Crippen LogP contribution is -2.61. The first-order valence-corrected chi connectivity index (χ1v) is 7.52. The van der Waals surface area contributed by atoms with Gasteiger partial charge in [-0.1, -0.05) is 44.2 Å². The lowest BCUT2D eigenvalue weighted by Gasteiger charge is -2.35. The summed E-state index contributed by atoms with van der Waals surface area (Å²) in [6, 6.07) is 9.86. The van der Waals surface area contributed by atoms with Crippen LogP contribution in [0.4, 0.5) is 5.82 Å². The minimum absolute atomic E-state index is 0.0808. The highest BCUT2D eigenvalue weighted by Crippen LogP contribution is 2.18. The number of hydrogen-bond donors (Lipinski definition) is 3. The Bertz CT molecular complexity index is 745. The lowest BCUT2D eigenvalue weighted by atomic mass is 10.0. The van der Waals surface area contributed by atoms with E-state index in [1.807, 2.05) is 62.0 Å². The molecule has 1 aliphatic heterocycles. The molecule has 0 amide bonds. The Labute approximate surface area is 135 Å². The Morgan fingerprint density at radius 3 is 2.61 bits per heavy atom. The zero-order chi connectivity index (χ0) is 16.4. The highest BCUT2D eigenvalue weighted by atomic mass is 15.4. The minimum Gasteiger partial charge on any atom is -0.338 e. The molecule has 7 nitrogen and oxygen atoms in total.